The van der Waals surface area contributed by atoms with Crippen LogP contribution >= 0.6 is 0 Å². The Labute approximate surface area is 148 Å². The van der Waals surface area contributed by atoms with Gasteiger partial charge >= 0.3 is 0 Å². The highest BCUT2D eigenvalue weighted by molar-refractivity contribution is 7.89. The number of nitrogens with zero attached hydrogens (tertiary/aromatic N) is 2. The number of hydrogen-bond donors (Lipinski definition) is 0. The minimum absolute atomic E-state index is 0.0263. The van der Waals surface area contributed by atoms with Gasteiger partial charge < -0.3 is 4.90 Å². The van der Waals surface area contributed by atoms with Crippen LogP contribution in [0.3, 0.4) is 0 Å². The largest absolute Gasteiger partial charge is 0.342 e. The number of sulfonamides is 1. The zero-order valence-electron chi connectivity index (χ0n) is 14.7. The average Bonchev–Trinajstić information content (AvgIpc) is 3.45. The molecular weight excluding hydrogens is 343 g/mol. The van der Waals surface area contributed by atoms with Gasteiger partial charge in [0.15, 0.2) is 0 Å². The Hall–Kier alpha value is -1.47. The van der Waals surface area contributed by atoms with Crippen molar-refractivity contribution >= 4 is 15.9 Å². The molecule has 0 bridgehead atoms. The van der Waals surface area contributed by atoms with Crippen molar-refractivity contribution in [1.29, 1.82) is 0 Å². The fourth-order valence-electron chi connectivity index (χ4n) is 3.50. The third-order valence-corrected chi connectivity index (χ3v) is 7.33. The van der Waals surface area contributed by atoms with Gasteiger partial charge in [-0.25, -0.2) is 12.8 Å². The van der Waals surface area contributed by atoms with E-state index in [1.54, 1.807) is 4.90 Å². The summed E-state index contributed by atoms with van der Waals surface area (Å²) in [7, 11) is -1.88. The van der Waals surface area contributed by atoms with Crippen LogP contribution in [-0.2, 0) is 14.8 Å². The second-order valence-corrected chi connectivity index (χ2v) is 9.12. The van der Waals surface area contributed by atoms with Crippen molar-refractivity contribution in [2.24, 2.45) is 11.8 Å². The van der Waals surface area contributed by atoms with Gasteiger partial charge in [0.25, 0.3) is 0 Å². The molecule has 0 radical (unpaired) electrons. The molecule has 7 heteroatoms. The van der Waals surface area contributed by atoms with Crippen molar-refractivity contribution in [2.75, 3.05) is 20.1 Å². The summed E-state index contributed by atoms with van der Waals surface area (Å²) in [6.07, 6.45) is 3.68. The molecule has 3 rings (SSSR count). The zero-order valence-corrected chi connectivity index (χ0v) is 15.5. The number of halogens is 1. The number of carbonyl (C=O) groups excluding carboxylic acids is 1. The van der Waals surface area contributed by atoms with Crippen LogP contribution in [0.2, 0.25) is 0 Å². The van der Waals surface area contributed by atoms with Crippen LogP contribution < -0.4 is 0 Å². The molecule has 2 fully saturated rings. The number of piperidine rings is 1. The van der Waals surface area contributed by atoms with Gasteiger partial charge in [-0.15, -0.1) is 0 Å². The van der Waals surface area contributed by atoms with E-state index in [0.29, 0.717) is 25.3 Å². The molecule has 1 amide bonds. The molecule has 2 aliphatic rings. The molecule has 138 valence electrons. The molecule has 1 aromatic carbocycles. The van der Waals surface area contributed by atoms with Crippen molar-refractivity contribution in [3.8, 4) is 0 Å². The molecule has 0 aromatic heterocycles. The lowest BCUT2D eigenvalue weighted by molar-refractivity contribution is -0.137. The molecule has 2 unspecified atom stereocenters. The molecule has 5 nitrogen and oxygen atoms in total. The predicted octanol–water partition coefficient (Wildman–Crippen LogP) is 2.48. The van der Waals surface area contributed by atoms with Crippen LogP contribution in [0.5, 0.6) is 0 Å². The van der Waals surface area contributed by atoms with Gasteiger partial charge in [-0.05, 0) is 62.8 Å². The molecule has 0 spiro atoms. The average molecular weight is 368 g/mol. The van der Waals surface area contributed by atoms with E-state index >= 15 is 0 Å². The first-order chi connectivity index (χ1) is 11.8. The molecule has 2 atom stereocenters. The van der Waals surface area contributed by atoms with Crippen LogP contribution in [0, 0.1) is 17.7 Å². The fraction of sp³-hybridized carbons (Fsp3) is 0.611. The second-order valence-electron chi connectivity index (χ2n) is 7.18. The highest BCUT2D eigenvalue weighted by Crippen LogP contribution is 2.35. The van der Waals surface area contributed by atoms with E-state index in [0.717, 1.165) is 25.0 Å². The Morgan fingerprint density at radius 2 is 1.88 bits per heavy atom. The summed E-state index contributed by atoms with van der Waals surface area (Å²) in [6, 6.07) is 5.04. The van der Waals surface area contributed by atoms with Crippen molar-refractivity contribution < 1.29 is 17.6 Å². The Balaban J connectivity index is 1.71. The lowest BCUT2D eigenvalue weighted by atomic mass is 9.97. The van der Waals surface area contributed by atoms with Gasteiger partial charge in [0.05, 0.1) is 10.8 Å². The SMILES string of the molecule is CC(C1CC1)N(C)C(=O)C1CCCN(S(=O)(=O)c2ccc(F)cc2)C1. The van der Waals surface area contributed by atoms with E-state index in [2.05, 4.69) is 6.92 Å². The van der Waals surface area contributed by atoms with Gasteiger partial charge in [0.2, 0.25) is 15.9 Å². The molecule has 25 heavy (non-hydrogen) atoms. The Bertz CT molecular complexity index is 731. The smallest absolute Gasteiger partial charge is 0.243 e. The van der Waals surface area contributed by atoms with Crippen molar-refractivity contribution in [1.82, 2.24) is 9.21 Å². The van der Waals surface area contributed by atoms with Crippen molar-refractivity contribution in [3.63, 3.8) is 0 Å². The van der Waals surface area contributed by atoms with E-state index in [-0.39, 0.29) is 29.3 Å². The molecule has 1 saturated heterocycles. The number of rotatable bonds is 5. The minimum atomic E-state index is -3.70. The lowest BCUT2D eigenvalue weighted by Gasteiger charge is -2.35. The molecule has 0 N–H and O–H groups in total. The van der Waals surface area contributed by atoms with Crippen LogP contribution in [0.1, 0.15) is 32.6 Å². The zero-order chi connectivity index (χ0) is 18.2. The Morgan fingerprint density at radius 3 is 2.48 bits per heavy atom. The second kappa shape index (κ2) is 7.03. The first kappa shape index (κ1) is 18.3. The maximum Gasteiger partial charge on any atom is 0.243 e. The summed E-state index contributed by atoms with van der Waals surface area (Å²) in [6.45, 7) is 2.65. The van der Waals surface area contributed by atoms with E-state index in [1.165, 1.54) is 16.4 Å². The van der Waals surface area contributed by atoms with Gasteiger partial charge in [-0.1, -0.05) is 0 Å². The van der Waals surface area contributed by atoms with E-state index in [4.69, 9.17) is 0 Å². The summed E-state index contributed by atoms with van der Waals surface area (Å²) in [5, 5.41) is 0. The number of hydrogen-bond acceptors (Lipinski definition) is 3. The molecule has 1 saturated carbocycles. The summed E-state index contributed by atoms with van der Waals surface area (Å²) in [5.41, 5.74) is 0. The van der Waals surface area contributed by atoms with Gasteiger partial charge in [0, 0.05) is 26.2 Å². The highest BCUT2D eigenvalue weighted by Gasteiger charge is 2.38. The van der Waals surface area contributed by atoms with Crippen molar-refractivity contribution in [3.05, 3.63) is 30.1 Å². The van der Waals surface area contributed by atoms with Crippen LogP contribution in [0.25, 0.3) is 0 Å². The maximum absolute atomic E-state index is 13.1. The quantitative estimate of drug-likeness (QED) is 0.802. The summed E-state index contributed by atoms with van der Waals surface area (Å²) in [4.78, 5) is 14.6. The highest BCUT2D eigenvalue weighted by atomic mass is 32.2. The number of carbonyl (C=O) groups is 1. The van der Waals surface area contributed by atoms with Crippen LogP contribution in [0.4, 0.5) is 4.39 Å². The van der Waals surface area contributed by atoms with Crippen LogP contribution in [0.15, 0.2) is 29.2 Å². The first-order valence-corrected chi connectivity index (χ1v) is 10.3. The third-order valence-electron chi connectivity index (χ3n) is 5.45. The third kappa shape index (κ3) is 3.87. The van der Waals surface area contributed by atoms with Crippen LogP contribution in [-0.4, -0.2) is 49.7 Å². The molecule has 1 aliphatic heterocycles. The molecule has 1 aromatic rings. The van der Waals surface area contributed by atoms with Gasteiger partial charge in [-0.2, -0.15) is 4.31 Å². The molecular formula is C18H25FN2O3S. The standard InChI is InChI=1S/C18H25FN2O3S/c1-13(14-5-6-14)20(2)18(22)15-4-3-11-21(12-15)25(23,24)17-9-7-16(19)8-10-17/h7-10,13-15H,3-6,11-12H2,1-2H3. The normalized spacial score (nSPS) is 23.2. The maximum atomic E-state index is 13.1. The van der Waals surface area contributed by atoms with Gasteiger partial charge in [0.1, 0.15) is 5.82 Å². The monoisotopic (exact) mass is 368 g/mol. The Morgan fingerprint density at radius 1 is 1.24 bits per heavy atom. The van der Waals surface area contributed by atoms with Crippen molar-refractivity contribution in [2.45, 2.75) is 43.5 Å². The summed E-state index contributed by atoms with van der Waals surface area (Å²) < 4.78 is 40.0. The van der Waals surface area contributed by atoms with E-state index in [9.17, 15) is 17.6 Å². The topological polar surface area (TPSA) is 57.7 Å². The van der Waals surface area contributed by atoms with Gasteiger partial charge in [-0.3, -0.25) is 4.79 Å². The van der Waals surface area contributed by atoms with E-state index < -0.39 is 15.8 Å². The lowest BCUT2D eigenvalue weighted by Crippen LogP contribution is -2.48. The number of benzene rings is 1. The summed E-state index contributed by atoms with van der Waals surface area (Å²) in [5.74, 6) is -0.175. The van der Waals surface area contributed by atoms with E-state index in [1.807, 2.05) is 7.05 Å². The summed E-state index contributed by atoms with van der Waals surface area (Å²) >= 11 is 0. The minimum Gasteiger partial charge on any atom is -0.342 e. The molecule has 1 heterocycles. The fourth-order valence-corrected chi connectivity index (χ4v) is 5.03. The number of amides is 1. The molecule has 1 aliphatic carbocycles. The predicted molar refractivity (Wildman–Crippen MR) is 92.8 cm³/mol. The first-order valence-electron chi connectivity index (χ1n) is 8.83. The Kier molecular flexibility index (Phi) is 5.16.